The van der Waals surface area contributed by atoms with Gasteiger partial charge in [-0.3, -0.25) is 0 Å². The number of nitrogens with two attached hydrogens (primary N) is 1. The van der Waals surface area contributed by atoms with Gasteiger partial charge in [0, 0.05) is 12.0 Å². The molecule has 82 valence electrons. The van der Waals surface area contributed by atoms with Gasteiger partial charge in [-0.15, -0.1) is 0 Å². The Morgan fingerprint density at radius 2 is 1.93 bits per heavy atom. The van der Waals surface area contributed by atoms with E-state index in [9.17, 15) is 5.11 Å². The maximum Gasteiger partial charge on any atom is 0.0639 e. The van der Waals surface area contributed by atoms with Crippen LogP contribution in [-0.2, 0) is 0 Å². The molecule has 0 aromatic rings. The van der Waals surface area contributed by atoms with Crippen LogP contribution in [0.1, 0.15) is 45.4 Å². The van der Waals surface area contributed by atoms with Crippen LogP contribution in [0.3, 0.4) is 0 Å². The molecule has 0 heterocycles. The van der Waals surface area contributed by atoms with Gasteiger partial charge in [-0.05, 0) is 31.1 Å². The number of hydrogen-bond donors (Lipinski definition) is 2. The number of aliphatic hydroxyl groups is 1. The summed E-state index contributed by atoms with van der Waals surface area (Å²) in [6.45, 7) is 2.89. The van der Waals surface area contributed by atoms with Crippen molar-refractivity contribution >= 4 is 0 Å². The Morgan fingerprint density at radius 3 is 2.36 bits per heavy atom. The van der Waals surface area contributed by atoms with Crippen LogP contribution in [0.25, 0.3) is 0 Å². The zero-order valence-electron chi connectivity index (χ0n) is 9.21. The van der Waals surface area contributed by atoms with E-state index in [-0.39, 0.29) is 11.5 Å². The van der Waals surface area contributed by atoms with Crippen molar-refractivity contribution in [2.24, 2.45) is 23.0 Å². The van der Waals surface area contributed by atoms with E-state index in [4.69, 9.17) is 5.73 Å². The largest absolute Gasteiger partial charge is 0.392 e. The second-order valence-electron chi connectivity index (χ2n) is 5.39. The summed E-state index contributed by atoms with van der Waals surface area (Å²) in [5, 5.41) is 10.4. The van der Waals surface area contributed by atoms with E-state index in [0.29, 0.717) is 18.4 Å². The van der Waals surface area contributed by atoms with Crippen LogP contribution in [0.5, 0.6) is 0 Å². The third kappa shape index (κ3) is 1.59. The fourth-order valence-corrected chi connectivity index (χ4v) is 3.25. The molecule has 0 aromatic carbocycles. The molecule has 0 spiro atoms. The summed E-state index contributed by atoms with van der Waals surface area (Å²) in [7, 11) is 0. The van der Waals surface area contributed by atoms with E-state index < -0.39 is 0 Å². The van der Waals surface area contributed by atoms with Crippen molar-refractivity contribution < 1.29 is 5.11 Å². The Morgan fingerprint density at radius 1 is 1.36 bits per heavy atom. The van der Waals surface area contributed by atoms with Gasteiger partial charge in [0.05, 0.1) is 6.10 Å². The Balaban J connectivity index is 1.96. The normalized spacial score (nSPS) is 40.9. The zero-order chi connectivity index (χ0) is 10.2. The molecule has 0 amide bonds. The van der Waals surface area contributed by atoms with Gasteiger partial charge >= 0.3 is 0 Å². The van der Waals surface area contributed by atoms with Crippen molar-refractivity contribution in [2.75, 3.05) is 6.54 Å². The smallest absolute Gasteiger partial charge is 0.0639 e. The molecule has 2 fully saturated rings. The second-order valence-corrected chi connectivity index (χ2v) is 5.39. The maximum atomic E-state index is 10.4. The minimum absolute atomic E-state index is 0.0992. The Kier molecular flexibility index (Phi) is 2.85. The summed E-state index contributed by atoms with van der Waals surface area (Å²) in [5.41, 5.74) is 5.91. The highest BCUT2D eigenvalue weighted by molar-refractivity contribution is 5.07. The summed E-state index contributed by atoms with van der Waals surface area (Å²) in [6, 6.07) is 0. The molecule has 0 radical (unpaired) electrons. The topological polar surface area (TPSA) is 46.2 Å². The molecule has 0 unspecified atom stereocenters. The average molecular weight is 197 g/mol. The summed E-state index contributed by atoms with van der Waals surface area (Å²) >= 11 is 0. The van der Waals surface area contributed by atoms with E-state index in [1.807, 2.05) is 0 Å². The van der Waals surface area contributed by atoms with Gasteiger partial charge in [-0.2, -0.15) is 0 Å². The van der Waals surface area contributed by atoms with Gasteiger partial charge in [-0.1, -0.05) is 26.2 Å². The summed E-state index contributed by atoms with van der Waals surface area (Å²) in [5.74, 6) is 1.18. The van der Waals surface area contributed by atoms with Crippen LogP contribution in [0.15, 0.2) is 0 Å². The molecular weight excluding hydrogens is 174 g/mol. The van der Waals surface area contributed by atoms with E-state index in [0.717, 1.165) is 6.42 Å². The van der Waals surface area contributed by atoms with Crippen molar-refractivity contribution in [3.05, 3.63) is 0 Å². The van der Waals surface area contributed by atoms with Gasteiger partial charge < -0.3 is 10.8 Å². The number of aliphatic hydroxyl groups excluding tert-OH is 1. The van der Waals surface area contributed by atoms with E-state index in [1.54, 1.807) is 0 Å². The highest BCUT2D eigenvalue weighted by Crippen LogP contribution is 2.56. The molecule has 14 heavy (non-hydrogen) atoms. The van der Waals surface area contributed by atoms with Crippen LogP contribution in [0.4, 0.5) is 0 Å². The maximum absolute atomic E-state index is 10.4. The molecule has 3 atom stereocenters. The molecular formula is C12H23NO. The highest BCUT2D eigenvalue weighted by atomic mass is 16.3. The monoisotopic (exact) mass is 197 g/mol. The Labute approximate surface area is 86.9 Å². The lowest BCUT2D eigenvalue weighted by molar-refractivity contribution is 0.0182. The standard InChI is InChI=1S/C12H23NO/c1-9-7-12(9,8-13)11(14)10-5-3-2-4-6-10/h9-11,14H,2-8,13H2,1H3/t9-,11-,12-/m0/s1. The molecule has 2 heteroatoms. The lowest BCUT2D eigenvalue weighted by Gasteiger charge is -2.32. The minimum atomic E-state index is -0.122. The zero-order valence-corrected chi connectivity index (χ0v) is 9.21. The van der Waals surface area contributed by atoms with Crippen molar-refractivity contribution in [3.63, 3.8) is 0 Å². The molecule has 2 aliphatic rings. The predicted octanol–water partition coefficient (Wildman–Crippen LogP) is 1.91. The first-order chi connectivity index (χ1) is 6.70. The molecule has 0 saturated heterocycles. The fraction of sp³-hybridized carbons (Fsp3) is 1.00. The first-order valence-corrected chi connectivity index (χ1v) is 6.09. The quantitative estimate of drug-likeness (QED) is 0.726. The molecule has 0 aromatic heterocycles. The molecule has 2 saturated carbocycles. The van der Waals surface area contributed by atoms with Crippen LogP contribution in [-0.4, -0.2) is 17.8 Å². The first kappa shape index (κ1) is 10.4. The molecule has 3 N–H and O–H groups in total. The van der Waals surface area contributed by atoms with Crippen LogP contribution >= 0.6 is 0 Å². The number of rotatable bonds is 3. The molecule has 0 bridgehead atoms. The summed E-state index contributed by atoms with van der Waals surface area (Å²) in [6.07, 6.45) is 7.41. The SMILES string of the molecule is C[C@H]1C[C@@]1(CN)[C@@H](O)C1CCCCC1. The van der Waals surface area contributed by atoms with Crippen molar-refractivity contribution in [1.82, 2.24) is 0 Å². The van der Waals surface area contributed by atoms with Gasteiger partial charge in [0.15, 0.2) is 0 Å². The average Bonchev–Trinajstić information content (AvgIpc) is 2.91. The van der Waals surface area contributed by atoms with Crippen LogP contribution in [0, 0.1) is 17.3 Å². The first-order valence-electron chi connectivity index (χ1n) is 6.09. The van der Waals surface area contributed by atoms with E-state index in [1.165, 1.54) is 32.1 Å². The van der Waals surface area contributed by atoms with Gasteiger partial charge in [0.25, 0.3) is 0 Å². The van der Waals surface area contributed by atoms with Crippen LogP contribution in [0.2, 0.25) is 0 Å². The lowest BCUT2D eigenvalue weighted by atomic mass is 9.78. The fourth-order valence-electron chi connectivity index (χ4n) is 3.25. The van der Waals surface area contributed by atoms with Crippen molar-refractivity contribution in [1.29, 1.82) is 0 Å². The third-order valence-electron chi connectivity index (χ3n) is 4.57. The number of hydrogen-bond acceptors (Lipinski definition) is 2. The third-order valence-corrected chi connectivity index (χ3v) is 4.57. The molecule has 2 nitrogen and oxygen atoms in total. The minimum Gasteiger partial charge on any atom is -0.392 e. The highest BCUT2D eigenvalue weighted by Gasteiger charge is 2.56. The Bertz CT molecular complexity index is 196. The van der Waals surface area contributed by atoms with Gasteiger partial charge in [0.2, 0.25) is 0 Å². The van der Waals surface area contributed by atoms with Crippen LogP contribution < -0.4 is 5.73 Å². The Hall–Kier alpha value is -0.0800. The van der Waals surface area contributed by atoms with E-state index >= 15 is 0 Å². The van der Waals surface area contributed by atoms with Gasteiger partial charge in [0.1, 0.15) is 0 Å². The van der Waals surface area contributed by atoms with Crippen molar-refractivity contribution in [3.8, 4) is 0 Å². The molecule has 0 aliphatic heterocycles. The summed E-state index contributed by atoms with van der Waals surface area (Å²) < 4.78 is 0. The summed E-state index contributed by atoms with van der Waals surface area (Å²) in [4.78, 5) is 0. The van der Waals surface area contributed by atoms with E-state index in [2.05, 4.69) is 6.92 Å². The predicted molar refractivity (Wildman–Crippen MR) is 57.9 cm³/mol. The lowest BCUT2D eigenvalue weighted by Crippen LogP contribution is -2.38. The molecule has 2 rings (SSSR count). The molecule has 2 aliphatic carbocycles. The van der Waals surface area contributed by atoms with Gasteiger partial charge in [-0.25, -0.2) is 0 Å². The van der Waals surface area contributed by atoms with Crippen molar-refractivity contribution in [2.45, 2.75) is 51.6 Å². The second kappa shape index (κ2) is 3.82.